The van der Waals surface area contributed by atoms with E-state index in [0.717, 1.165) is 5.75 Å². The molecule has 2 heteroatoms. The number of hydrogen-bond acceptors (Lipinski definition) is 2. The monoisotopic (exact) mass is 193 g/mol. The molecule has 0 heterocycles. The Balaban J connectivity index is 2.69. The van der Waals surface area contributed by atoms with Crippen LogP contribution in [0.1, 0.15) is 19.4 Å². The van der Waals surface area contributed by atoms with Gasteiger partial charge in [0.05, 0.1) is 0 Å². The quantitative estimate of drug-likeness (QED) is 0.736. The molecule has 1 rings (SSSR count). The highest BCUT2D eigenvalue weighted by Gasteiger charge is 1.96. The van der Waals surface area contributed by atoms with Crippen LogP contribution < -0.4 is 4.72 Å². The Morgan fingerprint density at radius 1 is 1.38 bits per heavy atom. The lowest BCUT2D eigenvalue weighted by atomic mass is 10.2. The maximum Gasteiger partial charge on any atom is 0.0469 e. The van der Waals surface area contributed by atoms with Crippen molar-refractivity contribution in [3.63, 3.8) is 0 Å². The molecular weight excluding hydrogens is 178 g/mol. The summed E-state index contributed by atoms with van der Waals surface area (Å²) in [5.74, 6) is 1.07. The van der Waals surface area contributed by atoms with Gasteiger partial charge in [-0.05, 0) is 12.5 Å². The molecule has 0 aromatic heterocycles. The van der Waals surface area contributed by atoms with Gasteiger partial charge in [-0.1, -0.05) is 55.3 Å². The minimum Gasteiger partial charge on any atom is -0.330 e. The summed E-state index contributed by atoms with van der Waals surface area (Å²) >= 11 is 1.72. The molecule has 0 aliphatic rings. The summed E-state index contributed by atoms with van der Waals surface area (Å²) in [7, 11) is 0. The largest absolute Gasteiger partial charge is 0.330 e. The number of nitrogens with one attached hydrogen (secondary N) is 1. The lowest BCUT2D eigenvalue weighted by Gasteiger charge is -2.08. The third-order valence-electron chi connectivity index (χ3n) is 1.70. The highest BCUT2D eigenvalue weighted by atomic mass is 32.2. The van der Waals surface area contributed by atoms with Gasteiger partial charge >= 0.3 is 0 Å². The summed E-state index contributed by atoms with van der Waals surface area (Å²) in [6.07, 6.45) is 2.10. The highest BCUT2D eigenvalue weighted by Crippen LogP contribution is 2.13. The van der Waals surface area contributed by atoms with Crippen LogP contribution in [0.25, 0.3) is 5.70 Å². The molecule has 1 aromatic carbocycles. The maximum atomic E-state index is 3.31. The van der Waals surface area contributed by atoms with E-state index in [0.29, 0.717) is 0 Å². The second-order valence-corrected chi connectivity index (χ2v) is 3.67. The summed E-state index contributed by atoms with van der Waals surface area (Å²) in [6.45, 7) is 4.18. The maximum absolute atomic E-state index is 3.31. The summed E-state index contributed by atoms with van der Waals surface area (Å²) in [4.78, 5) is 0. The van der Waals surface area contributed by atoms with E-state index < -0.39 is 0 Å². The summed E-state index contributed by atoms with van der Waals surface area (Å²) in [5.41, 5.74) is 2.43. The normalized spacial score (nSPS) is 11.4. The second kappa shape index (κ2) is 5.70. The van der Waals surface area contributed by atoms with Crippen molar-refractivity contribution in [1.82, 2.24) is 4.72 Å². The Morgan fingerprint density at radius 2 is 2.08 bits per heavy atom. The third-order valence-corrected chi connectivity index (χ3v) is 2.35. The van der Waals surface area contributed by atoms with Gasteiger partial charge in [0, 0.05) is 11.4 Å². The van der Waals surface area contributed by atoms with Gasteiger partial charge in [0.15, 0.2) is 0 Å². The predicted octanol–water partition coefficient (Wildman–Crippen LogP) is 3.31. The van der Waals surface area contributed by atoms with Crippen LogP contribution >= 0.6 is 11.9 Å². The molecule has 0 unspecified atom stereocenters. The molecule has 0 amide bonds. The first kappa shape index (κ1) is 10.2. The first-order valence-corrected chi connectivity index (χ1v) is 5.46. The van der Waals surface area contributed by atoms with Crippen LogP contribution in [0, 0.1) is 0 Å². The van der Waals surface area contributed by atoms with Crippen LogP contribution in [0.4, 0.5) is 0 Å². The smallest absolute Gasteiger partial charge is 0.0469 e. The molecule has 0 aliphatic heterocycles. The predicted molar refractivity (Wildman–Crippen MR) is 61.4 cm³/mol. The fraction of sp³-hybridized carbons (Fsp3) is 0.273. The van der Waals surface area contributed by atoms with Crippen molar-refractivity contribution in [1.29, 1.82) is 0 Å². The molecule has 1 nitrogen and oxygen atoms in total. The highest BCUT2D eigenvalue weighted by molar-refractivity contribution is 7.97. The molecular formula is C11H15NS. The van der Waals surface area contributed by atoms with Crippen LogP contribution in [-0.2, 0) is 0 Å². The summed E-state index contributed by atoms with van der Waals surface area (Å²) < 4.78 is 3.31. The molecule has 0 saturated heterocycles. The van der Waals surface area contributed by atoms with Crippen molar-refractivity contribution in [2.75, 3.05) is 5.75 Å². The fourth-order valence-electron chi connectivity index (χ4n) is 1.05. The first-order valence-electron chi connectivity index (χ1n) is 4.48. The zero-order valence-corrected chi connectivity index (χ0v) is 8.90. The molecule has 0 atom stereocenters. The first-order chi connectivity index (χ1) is 6.38. The van der Waals surface area contributed by atoms with E-state index in [1.54, 1.807) is 11.9 Å². The Bertz CT molecular complexity index is 267. The molecule has 1 N–H and O–H groups in total. The SMILES string of the molecule is C/C=C(\NSCC)c1ccccc1. The molecule has 0 aliphatic carbocycles. The number of hydrogen-bond donors (Lipinski definition) is 1. The van der Waals surface area contributed by atoms with Crippen LogP contribution in [-0.4, -0.2) is 5.75 Å². The Hall–Kier alpha value is -0.890. The van der Waals surface area contributed by atoms with Gasteiger partial charge in [-0.25, -0.2) is 0 Å². The van der Waals surface area contributed by atoms with Crippen molar-refractivity contribution in [3.8, 4) is 0 Å². The van der Waals surface area contributed by atoms with E-state index in [2.05, 4.69) is 42.0 Å². The van der Waals surface area contributed by atoms with Gasteiger partial charge in [-0.15, -0.1) is 0 Å². The van der Waals surface area contributed by atoms with Crippen LogP contribution in [0.5, 0.6) is 0 Å². The topological polar surface area (TPSA) is 12.0 Å². The minimum atomic E-state index is 1.07. The second-order valence-electron chi connectivity index (χ2n) is 2.60. The van der Waals surface area contributed by atoms with Crippen LogP contribution in [0.2, 0.25) is 0 Å². The van der Waals surface area contributed by atoms with E-state index in [9.17, 15) is 0 Å². The molecule has 0 radical (unpaired) electrons. The van der Waals surface area contributed by atoms with E-state index in [-0.39, 0.29) is 0 Å². The van der Waals surface area contributed by atoms with Crippen LogP contribution in [0.3, 0.4) is 0 Å². The van der Waals surface area contributed by atoms with Gasteiger partial charge in [-0.2, -0.15) is 0 Å². The lowest BCUT2D eigenvalue weighted by Crippen LogP contribution is -2.02. The van der Waals surface area contributed by atoms with Crippen molar-refractivity contribution in [2.45, 2.75) is 13.8 Å². The van der Waals surface area contributed by atoms with Gasteiger partial charge in [0.2, 0.25) is 0 Å². The van der Waals surface area contributed by atoms with E-state index in [1.807, 2.05) is 13.0 Å². The van der Waals surface area contributed by atoms with Crippen molar-refractivity contribution < 1.29 is 0 Å². The van der Waals surface area contributed by atoms with Gasteiger partial charge in [-0.3, -0.25) is 0 Å². The Labute approximate surface area is 84.4 Å². The summed E-state index contributed by atoms with van der Waals surface area (Å²) in [6, 6.07) is 10.4. The molecule has 0 spiro atoms. The summed E-state index contributed by atoms with van der Waals surface area (Å²) in [5, 5.41) is 0. The number of benzene rings is 1. The van der Waals surface area contributed by atoms with Gasteiger partial charge < -0.3 is 4.72 Å². The Kier molecular flexibility index (Phi) is 4.47. The standard InChI is InChI=1S/C11H15NS/c1-3-11(12-13-4-2)10-8-6-5-7-9-10/h3,5-9,12H,4H2,1-2H3/b11-3-. The van der Waals surface area contributed by atoms with E-state index in [4.69, 9.17) is 0 Å². The van der Waals surface area contributed by atoms with E-state index in [1.165, 1.54) is 11.3 Å². The zero-order valence-electron chi connectivity index (χ0n) is 8.08. The average Bonchev–Trinajstić information content (AvgIpc) is 2.21. The molecule has 0 bridgehead atoms. The van der Waals surface area contributed by atoms with Crippen molar-refractivity contribution in [3.05, 3.63) is 42.0 Å². The molecule has 0 saturated carbocycles. The van der Waals surface area contributed by atoms with Gasteiger partial charge in [0.1, 0.15) is 0 Å². The van der Waals surface area contributed by atoms with Gasteiger partial charge in [0.25, 0.3) is 0 Å². The fourth-order valence-corrected chi connectivity index (χ4v) is 1.59. The number of rotatable bonds is 4. The van der Waals surface area contributed by atoms with Crippen molar-refractivity contribution in [2.24, 2.45) is 0 Å². The van der Waals surface area contributed by atoms with E-state index >= 15 is 0 Å². The third kappa shape index (κ3) is 3.15. The number of allylic oxidation sites excluding steroid dienone is 1. The molecule has 13 heavy (non-hydrogen) atoms. The van der Waals surface area contributed by atoms with Crippen molar-refractivity contribution >= 4 is 17.6 Å². The lowest BCUT2D eigenvalue weighted by molar-refractivity contribution is 1.37. The zero-order chi connectivity index (χ0) is 9.52. The molecule has 0 fully saturated rings. The minimum absolute atomic E-state index is 1.07. The molecule has 70 valence electrons. The Morgan fingerprint density at radius 3 is 2.62 bits per heavy atom. The average molecular weight is 193 g/mol. The molecule has 1 aromatic rings. The van der Waals surface area contributed by atoms with Crippen LogP contribution in [0.15, 0.2) is 36.4 Å².